The summed E-state index contributed by atoms with van der Waals surface area (Å²) in [6.07, 6.45) is -5.95. The lowest BCUT2D eigenvalue weighted by Gasteiger charge is -2.27. The van der Waals surface area contributed by atoms with Crippen molar-refractivity contribution in [3.63, 3.8) is 0 Å². The number of carbonyl (C=O) groups is 2. The predicted molar refractivity (Wildman–Crippen MR) is 139 cm³/mol. The quantitative estimate of drug-likeness (QED) is 0.395. The monoisotopic (exact) mass is 581 g/mol. The van der Waals surface area contributed by atoms with Crippen molar-refractivity contribution in [3.05, 3.63) is 86.5 Å². The topological polar surface area (TPSA) is 113 Å². The molecule has 40 heavy (non-hydrogen) atoms. The molecule has 4 rings (SSSR count). The minimum atomic E-state index is -4.65. The van der Waals surface area contributed by atoms with Gasteiger partial charge in [0.05, 0.1) is 12.2 Å². The number of ether oxygens (including phenoxy) is 2. The number of primary amides is 1. The Kier molecular flexibility index (Phi) is 8.62. The fraction of sp³-hybridized carbons (Fsp3) is 0.296. The number of alkyl halides is 3. The Morgan fingerprint density at radius 1 is 1.18 bits per heavy atom. The van der Waals surface area contributed by atoms with E-state index in [9.17, 15) is 31.9 Å². The van der Waals surface area contributed by atoms with E-state index in [0.29, 0.717) is 16.7 Å². The lowest BCUT2D eigenvalue weighted by molar-refractivity contribution is -0.223. The highest BCUT2D eigenvalue weighted by molar-refractivity contribution is 6.30. The van der Waals surface area contributed by atoms with Crippen molar-refractivity contribution in [3.8, 4) is 11.1 Å². The summed E-state index contributed by atoms with van der Waals surface area (Å²) in [5.41, 5.74) is 5.31. The molecule has 212 valence electrons. The van der Waals surface area contributed by atoms with Crippen LogP contribution in [0.1, 0.15) is 33.9 Å². The van der Waals surface area contributed by atoms with E-state index in [1.165, 1.54) is 43.6 Å². The van der Waals surface area contributed by atoms with Crippen molar-refractivity contribution >= 4 is 29.1 Å². The van der Waals surface area contributed by atoms with Gasteiger partial charge in [0.1, 0.15) is 11.9 Å². The highest BCUT2D eigenvalue weighted by Crippen LogP contribution is 2.36. The first-order valence-corrected chi connectivity index (χ1v) is 12.4. The average molecular weight is 582 g/mol. The van der Waals surface area contributed by atoms with Crippen LogP contribution >= 0.6 is 11.6 Å². The molecule has 2 amide bonds. The Balaban J connectivity index is 1.76. The van der Waals surface area contributed by atoms with Crippen LogP contribution in [0.2, 0.25) is 5.02 Å². The van der Waals surface area contributed by atoms with Crippen molar-refractivity contribution in [2.45, 2.75) is 37.8 Å². The van der Waals surface area contributed by atoms with Crippen molar-refractivity contribution in [2.24, 2.45) is 5.73 Å². The molecule has 3 N–H and O–H groups in total. The summed E-state index contributed by atoms with van der Waals surface area (Å²) in [6.45, 7) is -0.453. The summed E-state index contributed by atoms with van der Waals surface area (Å²) >= 11 is 6.14. The fourth-order valence-electron chi connectivity index (χ4n) is 4.48. The number of pyridine rings is 1. The van der Waals surface area contributed by atoms with Gasteiger partial charge in [-0.3, -0.25) is 14.4 Å². The van der Waals surface area contributed by atoms with Crippen LogP contribution in [-0.4, -0.2) is 42.4 Å². The second-order valence-corrected chi connectivity index (χ2v) is 9.59. The molecule has 1 aliphatic rings. The van der Waals surface area contributed by atoms with E-state index in [2.05, 4.69) is 5.32 Å². The van der Waals surface area contributed by atoms with Gasteiger partial charge in [0.25, 0.3) is 11.5 Å². The Morgan fingerprint density at radius 2 is 1.90 bits per heavy atom. The SMILES string of the molecule is COCCC(C(=O)Nc1ccc(C(N)=O)c(F)c1)n1cc2c(cc1=O)-c1cc(Cl)ccc1CC(C(F)(F)F)OC2. The molecule has 2 aromatic carbocycles. The number of amides is 2. The molecule has 0 radical (unpaired) electrons. The number of hydrogen-bond acceptors (Lipinski definition) is 5. The van der Waals surface area contributed by atoms with E-state index in [1.807, 2.05) is 0 Å². The number of carbonyl (C=O) groups excluding carboxylic acids is 2. The Hall–Kier alpha value is -3.74. The van der Waals surface area contributed by atoms with Crippen LogP contribution in [0.25, 0.3) is 11.1 Å². The molecule has 1 aliphatic heterocycles. The van der Waals surface area contributed by atoms with Crippen molar-refractivity contribution in [1.82, 2.24) is 4.57 Å². The van der Waals surface area contributed by atoms with Crippen LogP contribution in [0, 0.1) is 5.82 Å². The average Bonchev–Trinajstić information content (AvgIpc) is 2.86. The van der Waals surface area contributed by atoms with E-state index < -0.39 is 54.5 Å². The molecule has 0 saturated heterocycles. The molecular weight excluding hydrogens is 558 g/mol. The molecule has 13 heteroatoms. The van der Waals surface area contributed by atoms with E-state index in [0.717, 1.165) is 16.7 Å². The molecule has 0 fully saturated rings. The second kappa shape index (κ2) is 11.8. The molecule has 0 aliphatic carbocycles. The Morgan fingerprint density at radius 3 is 2.55 bits per heavy atom. The third kappa shape index (κ3) is 6.35. The van der Waals surface area contributed by atoms with Crippen molar-refractivity contribution in [1.29, 1.82) is 0 Å². The number of nitrogens with two attached hydrogens (primary N) is 1. The summed E-state index contributed by atoms with van der Waals surface area (Å²) in [4.78, 5) is 37.9. The fourth-order valence-corrected chi connectivity index (χ4v) is 4.65. The minimum absolute atomic E-state index is 0.00265. The number of nitrogens with one attached hydrogen (secondary N) is 1. The molecule has 2 heterocycles. The molecule has 0 spiro atoms. The van der Waals surface area contributed by atoms with Crippen LogP contribution in [0.5, 0.6) is 0 Å². The first kappa shape index (κ1) is 29.2. The van der Waals surface area contributed by atoms with Crippen LogP contribution in [0.15, 0.2) is 53.5 Å². The van der Waals surface area contributed by atoms with E-state index in [-0.39, 0.29) is 34.9 Å². The highest BCUT2D eigenvalue weighted by atomic mass is 35.5. The molecule has 3 aromatic rings. The first-order valence-electron chi connectivity index (χ1n) is 12.0. The lowest BCUT2D eigenvalue weighted by atomic mass is 9.92. The van der Waals surface area contributed by atoms with Crippen LogP contribution in [0.3, 0.4) is 0 Å². The Bertz CT molecular complexity index is 1510. The van der Waals surface area contributed by atoms with Gasteiger partial charge in [-0.2, -0.15) is 13.2 Å². The normalized spacial score (nSPS) is 15.8. The molecule has 2 atom stereocenters. The third-order valence-electron chi connectivity index (χ3n) is 6.47. The zero-order valence-electron chi connectivity index (χ0n) is 21.1. The van der Waals surface area contributed by atoms with Gasteiger partial charge in [-0.25, -0.2) is 4.39 Å². The van der Waals surface area contributed by atoms with E-state index in [1.54, 1.807) is 0 Å². The van der Waals surface area contributed by atoms with Gasteiger partial charge in [0, 0.05) is 55.1 Å². The highest BCUT2D eigenvalue weighted by Gasteiger charge is 2.42. The van der Waals surface area contributed by atoms with E-state index in [4.69, 9.17) is 26.8 Å². The van der Waals surface area contributed by atoms with Crippen LogP contribution in [-0.2, 0) is 27.3 Å². The summed E-state index contributed by atoms with van der Waals surface area (Å²) in [7, 11) is 1.39. The molecule has 8 nitrogen and oxygen atoms in total. The van der Waals surface area contributed by atoms with Gasteiger partial charge < -0.3 is 25.1 Å². The summed E-state index contributed by atoms with van der Waals surface area (Å²) in [5.74, 6) is -2.67. The molecule has 2 unspecified atom stereocenters. The maximum atomic E-state index is 14.2. The van der Waals surface area contributed by atoms with Gasteiger partial charge in [0.15, 0.2) is 6.10 Å². The molecule has 0 saturated carbocycles. The van der Waals surface area contributed by atoms with Gasteiger partial charge in [-0.1, -0.05) is 17.7 Å². The lowest BCUT2D eigenvalue weighted by Crippen LogP contribution is -2.36. The van der Waals surface area contributed by atoms with Crippen molar-refractivity contribution in [2.75, 3.05) is 19.0 Å². The maximum Gasteiger partial charge on any atom is 0.414 e. The minimum Gasteiger partial charge on any atom is -0.385 e. The van der Waals surface area contributed by atoms with E-state index >= 15 is 0 Å². The predicted octanol–water partition coefficient (Wildman–Crippen LogP) is 4.63. The largest absolute Gasteiger partial charge is 0.414 e. The third-order valence-corrected chi connectivity index (χ3v) is 6.71. The van der Waals surface area contributed by atoms with Crippen LogP contribution in [0.4, 0.5) is 23.2 Å². The summed E-state index contributed by atoms with van der Waals surface area (Å²) in [5, 5.41) is 2.76. The maximum absolute atomic E-state index is 14.2. The number of rotatable bonds is 7. The molecule has 0 bridgehead atoms. The number of benzene rings is 2. The zero-order chi connectivity index (χ0) is 29.2. The van der Waals surface area contributed by atoms with Gasteiger partial charge >= 0.3 is 6.18 Å². The van der Waals surface area contributed by atoms with Crippen LogP contribution < -0.4 is 16.6 Å². The smallest absolute Gasteiger partial charge is 0.385 e. The second-order valence-electron chi connectivity index (χ2n) is 9.15. The number of hydrogen-bond donors (Lipinski definition) is 2. The molecular formula is C27H24ClF4N3O5. The standard InChI is InChI=1S/C27H24ClF4N3O5/c1-39-7-6-22(26(38)34-17-4-5-18(25(33)37)21(29)10-17)35-12-15-13-40-23(27(30,31)32)8-14-2-3-16(28)9-19(14)20(15)11-24(35)36/h2-5,9-12,22-23H,6-8,13H2,1H3,(H2,33,37)(H,34,38). The number of fused-ring (bicyclic) bond motifs is 3. The number of halogens is 5. The number of methoxy groups -OCH3 is 1. The first-order chi connectivity index (χ1) is 18.9. The van der Waals surface area contributed by atoms with Gasteiger partial charge in [-0.05, 0) is 47.0 Å². The number of anilines is 1. The zero-order valence-corrected chi connectivity index (χ0v) is 21.8. The number of nitrogens with zero attached hydrogens (tertiary/aromatic N) is 1. The summed E-state index contributed by atoms with van der Waals surface area (Å²) in [6, 6.07) is 7.70. The number of aromatic nitrogens is 1. The van der Waals surface area contributed by atoms with Crippen molar-refractivity contribution < 1.29 is 36.6 Å². The summed E-state index contributed by atoms with van der Waals surface area (Å²) < 4.78 is 66.7. The van der Waals surface area contributed by atoms with Gasteiger partial charge in [0.2, 0.25) is 5.91 Å². The Labute approximate surface area is 230 Å². The van der Waals surface area contributed by atoms with Gasteiger partial charge in [-0.15, -0.1) is 0 Å². The molecule has 1 aromatic heterocycles.